The van der Waals surface area contributed by atoms with Crippen molar-refractivity contribution in [3.8, 4) is 0 Å². The van der Waals surface area contributed by atoms with Gasteiger partial charge in [-0.15, -0.1) is 0 Å². The lowest BCUT2D eigenvalue weighted by molar-refractivity contribution is -0.143. The highest BCUT2D eigenvalue weighted by molar-refractivity contribution is 9.10. The van der Waals surface area contributed by atoms with E-state index < -0.39 is 0 Å². The van der Waals surface area contributed by atoms with Crippen LogP contribution in [0.5, 0.6) is 0 Å². The minimum Gasteiger partial charge on any atom is -0.460 e. The van der Waals surface area contributed by atoms with Crippen molar-refractivity contribution in [3.63, 3.8) is 0 Å². The lowest BCUT2D eigenvalue weighted by atomic mass is 9.71. The topological polar surface area (TPSA) is 55.4 Å². The third-order valence-electron chi connectivity index (χ3n) is 4.59. The first-order valence-electron chi connectivity index (χ1n) is 8.55. The van der Waals surface area contributed by atoms with E-state index in [0.29, 0.717) is 12.0 Å². The fraction of sp³-hybridized carbons (Fsp3) is 0.400. The molecule has 1 N–H and O–H groups in total. The van der Waals surface area contributed by atoms with E-state index in [0.717, 1.165) is 27.9 Å². The van der Waals surface area contributed by atoms with E-state index in [1.54, 1.807) is 0 Å². The quantitative estimate of drug-likeness (QED) is 0.767. The minimum absolute atomic E-state index is 0.164. The van der Waals surface area contributed by atoms with Crippen LogP contribution in [0.25, 0.3) is 0 Å². The maximum absolute atomic E-state index is 12.8. The van der Waals surface area contributed by atoms with Crippen molar-refractivity contribution < 1.29 is 14.3 Å². The van der Waals surface area contributed by atoms with Crippen LogP contribution in [0.2, 0.25) is 0 Å². The molecule has 5 heteroatoms. The standard InChI is InChI=1S/C20H22BrNO3/c1-11(2)25-20(24)17-12(3)22-15-8-5-9-16(23)19(15)18(17)13-6-4-7-14(21)10-13/h4,6-8,10-11,18-19,22H,5,9H2,1-3H3. The van der Waals surface area contributed by atoms with Crippen molar-refractivity contribution in [2.45, 2.75) is 45.6 Å². The Kier molecular flexibility index (Phi) is 5.13. The first kappa shape index (κ1) is 17.9. The molecule has 0 aromatic heterocycles. The molecule has 3 rings (SSSR count). The Morgan fingerprint density at radius 3 is 2.76 bits per heavy atom. The van der Waals surface area contributed by atoms with Gasteiger partial charge < -0.3 is 10.1 Å². The fourth-order valence-corrected chi connectivity index (χ4v) is 4.04. The van der Waals surface area contributed by atoms with Crippen molar-refractivity contribution in [2.75, 3.05) is 0 Å². The second kappa shape index (κ2) is 7.16. The average molecular weight is 404 g/mol. The molecule has 1 aromatic carbocycles. The maximum Gasteiger partial charge on any atom is 0.336 e. The molecule has 1 heterocycles. The summed E-state index contributed by atoms with van der Waals surface area (Å²) in [6.45, 7) is 5.53. The number of halogens is 1. The van der Waals surface area contributed by atoms with Crippen molar-refractivity contribution in [2.24, 2.45) is 5.92 Å². The van der Waals surface area contributed by atoms with Crippen LogP contribution in [0.4, 0.5) is 0 Å². The van der Waals surface area contributed by atoms with Gasteiger partial charge in [0.05, 0.1) is 17.6 Å². The first-order valence-corrected chi connectivity index (χ1v) is 9.34. The van der Waals surface area contributed by atoms with Gasteiger partial charge in [0.25, 0.3) is 0 Å². The van der Waals surface area contributed by atoms with Gasteiger partial charge in [-0.2, -0.15) is 0 Å². The molecule has 25 heavy (non-hydrogen) atoms. The number of rotatable bonds is 3. The average Bonchev–Trinajstić information content (AvgIpc) is 2.53. The number of benzene rings is 1. The van der Waals surface area contributed by atoms with Gasteiger partial charge in [0.2, 0.25) is 0 Å². The number of ether oxygens (including phenoxy) is 1. The number of allylic oxidation sites excluding steroid dienone is 3. The molecule has 1 aliphatic carbocycles. The SMILES string of the molecule is CC1=C(C(=O)OC(C)C)C(c2cccc(Br)c2)C2C(=O)CCC=C2N1. The van der Waals surface area contributed by atoms with Gasteiger partial charge in [-0.05, 0) is 44.9 Å². The van der Waals surface area contributed by atoms with Crippen LogP contribution in [-0.2, 0) is 14.3 Å². The van der Waals surface area contributed by atoms with E-state index in [9.17, 15) is 9.59 Å². The molecular formula is C20H22BrNO3. The molecule has 4 nitrogen and oxygen atoms in total. The summed E-state index contributed by atoms with van der Waals surface area (Å²) in [4.78, 5) is 25.5. The Labute approximate surface area is 156 Å². The highest BCUT2D eigenvalue weighted by Crippen LogP contribution is 2.44. The highest BCUT2D eigenvalue weighted by Gasteiger charge is 2.43. The Morgan fingerprint density at radius 1 is 1.32 bits per heavy atom. The number of fused-ring (bicyclic) bond motifs is 1. The molecule has 0 amide bonds. The fourth-order valence-electron chi connectivity index (χ4n) is 3.62. The van der Waals surface area contributed by atoms with Gasteiger partial charge in [-0.3, -0.25) is 4.79 Å². The number of hydrogen-bond acceptors (Lipinski definition) is 4. The van der Waals surface area contributed by atoms with E-state index >= 15 is 0 Å². The summed E-state index contributed by atoms with van der Waals surface area (Å²) in [7, 11) is 0. The number of carbonyl (C=O) groups excluding carboxylic acids is 2. The molecule has 2 aliphatic rings. The monoisotopic (exact) mass is 403 g/mol. The van der Waals surface area contributed by atoms with Gasteiger partial charge in [0, 0.05) is 28.2 Å². The van der Waals surface area contributed by atoms with E-state index in [4.69, 9.17) is 4.74 Å². The van der Waals surface area contributed by atoms with Gasteiger partial charge in [0.15, 0.2) is 0 Å². The van der Waals surface area contributed by atoms with Crippen LogP contribution in [0, 0.1) is 5.92 Å². The maximum atomic E-state index is 12.8. The van der Waals surface area contributed by atoms with Crippen molar-refractivity contribution in [1.29, 1.82) is 0 Å². The third kappa shape index (κ3) is 3.56. The molecule has 0 bridgehead atoms. The summed E-state index contributed by atoms with van der Waals surface area (Å²) >= 11 is 3.50. The Hall–Kier alpha value is -1.88. The van der Waals surface area contributed by atoms with Crippen molar-refractivity contribution in [1.82, 2.24) is 5.32 Å². The molecule has 0 saturated heterocycles. The lowest BCUT2D eigenvalue weighted by Crippen LogP contribution is -2.41. The summed E-state index contributed by atoms with van der Waals surface area (Å²) in [5.41, 5.74) is 3.15. The zero-order valence-electron chi connectivity index (χ0n) is 14.6. The molecule has 2 unspecified atom stereocenters. The van der Waals surface area contributed by atoms with E-state index in [2.05, 4.69) is 27.3 Å². The van der Waals surface area contributed by atoms with Gasteiger partial charge in [-0.25, -0.2) is 4.79 Å². The Balaban J connectivity index is 2.15. The number of Topliss-reactive ketones (excluding diaryl/α,β-unsaturated/α-hetero) is 1. The van der Waals surface area contributed by atoms with Crippen molar-refractivity contribution >= 4 is 27.7 Å². The molecule has 2 atom stereocenters. The van der Waals surface area contributed by atoms with E-state index in [-0.39, 0.29) is 29.7 Å². The van der Waals surface area contributed by atoms with Crippen LogP contribution in [0.3, 0.4) is 0 Å². The van der Waals surface area contributed by atoms with Crippen LogP contribution in [0.1, 0.15) is 45.1 Å². The van der Waals surface area contributed by atoms with Gasteiger partial charge in [-0.1, -0.05) is 34.1 Å². The minimum atomic E-state index is -0.360. The van der Waals surface area contributed by atoms with Gasteiger partial charge >= 0.3 is 5.97 Å². The van der Waals surface area contributed by atoms with Crippen LogP contribution < -0.4 is 5.32 Å². The number of nitrogens with one attached hydrogen (secondary N) is 1. The number of esters is 1. The largest absolute Gasteiger partial charge is 0.460 e. The van der Waals surface area contributed by atoms with Crippen LogP contribution >= 0.6 is 15.9 Å². The highest BCUT2D eigenvalue weighted by atomic mass is 79.9. The smallest absolute Gasteiger partial charge is 0.336 e. The first-order chi connectivity index (χ1) is 11.9. The predicted octanol–water partition coefficient (Wildman–Crippen LogP) is 4.22. The van der Waals surface area contributed by atoms with Crippen LogP contribution in [-0.4, -0.2) is 17.9 Å². The normalized spacial score (nSPS) is 23.1. The summed E-state index contributed by atoms with van der Waals surface area (Å²) in [5, 5.41) is 3.27. The van der Waals surface area contributed by atoms with E-state index in [1.807, 2.05) is 45.0 Å². The molecule has 0 radical (unpaired) electrons. The number of ketones is 1. The third-order valence-corrected chi connectivity index (χ3v) is 5.08. The zero-order valence-corrected chi connectivity index (χ0v) is 16.2. The molecule has 132 valence electrons. The second-order valence-electron chi connectivity index (χ2n) is 6.79. The lowest BCUT2D eigenvalue weighted by Gasteiger charge is -2.38. The van der Waals surface area contributed by atoms with Crippen LogP contribution in [0.15, 0.2) is 51.8 Å². The Morgan fingerprint density at radius 2 is 2.08 bits per heavy atom. The molecule has 0 spiro atoms. The second-order valence-corrected chi connectivity index (χ2v) is 7.71. The molecule has 1 aliphatic heterocycles. The molecular weight excluding hydrogens is 382 g/mol. The predicted molar refractivity (Wildman–Crippen MR) is 99.8 cm³/mol. The summed E-state index contributed by atoms with van der Waals surface area (Å²) in [6, 6.07) is 7.81. The molecule has 1 aromatic rings. The Bertz CT molecular complexity index is 779. The zero-order chi connectivity index (χ0) is 18.1. The van der Waals surface area contributed by atoms with Crippen molar-refractivity contribution in [3.05, 3.63) is 57.3 Å². The van der Waals surface area contributed by atoms with E-state index in [1.165, 1.54) is 0 Å². The molecule has 0 fully saturated rings. The summed E-state index contributed by atoms with van der Waals surface area (Å²) in [6.07, 6.45) is 3.11. The number of hydrogen-bond donors (Lipinski definition) is 1. The summed E-state index contributed by atoms with van der Waals surface area (Å²) < 4.78 is 6.40. The molecule has 0 saturated carbocycles. The van der Waals surface area contributed by atoms with Gasteiger partial charge in [0.1, 0.15) is 5.78 Å². The number of carbonyl (C=O) groups is 2. The summed E-state index contributed by atoms with van der Waals surface area (Å²) in [5.74, 6) is -0.884.